The summed E-state index contributed by atoms with van der Waals surface area (Å²) in [5.41, 5.74) is 7.20. The van der Waals surface area contributed by atoms with E-state index in [0.29, 0.717) is 33.3 Å². The molecule has 2 aromatic heterocycles. The van der Waals surface area contributed by atoms with E-state index in [1.807, 2.05) is 6.07 Å². The maximum Gasteiger partial charge on any atom is 0.145 e. The molecule has 0 aliphatic carbocycles. The van der Waals surface area contributed by atoms with Crippen molar-refractivity contribution in [1.29, 1.82) is 0 Å². The van der Waals surface area contributed by atoms with Crippen molar-refractivity contribution in [3.8, 4) is 11.3 Å². The fourth-order valence-corrected chi connectivity index (χ4v) is 3.44. The van der Waals surface area contributed by atoms with E-state index in [0.717, 1.165) is 31.6 Å². The van der Waals surface area contributed by atoms with Gasteiger partial charge in [-0.1, -0.05) is 23.2 Å². The molecule has 0 unspecified atom stereocenters. The van der Waals surface area contributed by atoms with Gasteiger partial charge >= 0.3 is 0 Å². The summed E-state index contributed by atoms with van der Waals surface area (Å²) >= 11 is 12.7. The molecule has 24 heavy (non-hydrogen) atoms. The van der Waals surface area contributed by atoms with Crippen LogP contribution >= 0.6 is 23.2 Å². The molecular weight excluding hydrogens is 347 g/mol. The number of ether oxygens (including phenoxy) is 1. The standard InChI is InChI=1S/C17H20Cl2N4O/c1-10(11-3-6-24-7-4-11)22-17-14(19)9-13(18)16(23-17)12-2-5-21-15(20)8-12/h2,5,8-11H,3-4,6-7H2,1H3,(H2,20,21)(H,22,23)/t10-/m0/s1. The Balaban J connectivity index is 1.86. The number of nitrogens with zero attached hydrogens (tertiary/aromatic N) is 2. The summed E-state index contributed by atoms with van der Waals surface area (Å²) in [4.78, 5) is 8.63. The quantitative estimate of drug-likeness (QED) is 0.845. The summed E-state index contributed by atoms with van der Waals surface area (Å²) in [6.07, 6.45) is 3.70. The molecule has 2 aromatic rings. The lowest BCUT2D eigenvalue weighted by Gasteiger charge is -2.29. The number of hydrogen-bond donors (Lipinski definition) is 2. The third kappa shape index (κ3) is 3.91. The van der Waals surface area contributed by atoms with Crippen molar-refractivity contribution in [2.45, 2.75) is 25.8 Å². The smallest absolute Gasteiger partial charge is 0.145 e. The van der Waals surface area contributed by atoms with Gasteiger partial charge in [0.15, 0.2) is 0 Å². The summed E-state index contributed by atoms with van der Waals surface area (Å²) in [7, 11) is 0. The molecule has 0 spiro atoms. The fourth-order valence-electron chi connectivity index (χ4n) is 2.92. The van der Waals surface area contributed by atoms with Crippen LogP contribution in [-0.2, 0) is 4.74 Å². The van der Waals surface area contributed by atoms with Crippen molar-refractivity contribution in [3.63, 3.8) is 0 Å². The highest BCUT2D eigenvalue weighted by atomic mass is 35.5. The number of nitrogens with two attached hydrogens (primary N) is 1. The van der Waals surface area contributed by atoms with Crippen LogP contribution in [0.1, 0.15) is 19.8 Å². The Morgan fingerprint density at radius 3 is 2.71 bits per heavy atom. The van der Waals surface area contributed by atoms with Crippen molar-refractivity contribution >= 4 is 34.8 Å². The molecule has 7 heteroatoms. The van der Waals surface area contributed by atoms with Gasteiger partial charge in [0.25, 0.3) is 0 Å². The molecule has 3 heterocycles. The van der Waals surface area contributed by atoms with Crippen LogP contribution in [0.4, 0.5) is 11.6 Å². The van der Waals surface area contributed by atoms with E-state index in [9.17, 15) is 0 Å². The summed E-state index contributed by atoms with van der Waals surface area (Å²) < 4.78 is 5.42. The van der Waals surface area contributed by atoms with E-state index >= 15 is 0 Å². The molecule has 128 valence electrons. The van der Waals surface area contributed by atoms with Crippen LogP contribution in [0.3, 0.4) is 0 Å². The van der Waals surface area contributed by atoms with Crippen LogP contribution in [0.25, 0.3) is 11.3 Å². The van der Waals surface area contributed by atoms with Gasteiger partial charge in [-0.3, -0.25) is 0 Å². The molecule has 1 aliphatic heterocycles. The average molecular weight is 367 g/mol. The molecule has 0 aromatic carbocycles. The predicted molar refractivity (Wildman–Crippen MR) is 98.5 cm³/mol. The molecule has 3 N–H and O–H groups in total. The monoisotopic (exact) mass is 366 g/mol. The maximum atomic E-state index is 6.33. The van der Waals surface area contributed by atoms with Crippen molar-refractivity contribution < 1.29 is 4.74 Å². The Morgan fingerprint density at radius 2 is 2.00 bits per heavy atom. The third-order valence-electron chi connectivity index (χ3n) is 4.32. The molecule has 0 bridgehead atoms. The van der Waals surface area contributed by atoms with Gasteiger partial charge in [0, 0.05) is 31.0 Å². The van der Waals surface area contributed by atoms with Crippen LogP contribution in [0.5, 0.6) is 0 Å². The van der Waals surface area contributed by atoms with E-state index in [4.69, 9.17) is 33.7 Å². The second-order valence-electron chi connectivity index (χ2n) is 6.00. The van der Waals surface area contributed by atoms with Crippen molar-refractivity contribution in [3.05, 3.63) is 34.4 Å². The molecule has 1 atom stereocenters. The molecule has 3 rings (SSSR count). The molecule has 1 aliphatic rings. The Bertz CT molecular complexity index is 720. The van der Waals surface area contributed by atoms with Crippen molar-refractivity contribution in [1.82, 2.24) is 9.97 Å². The zero-order valence-corrected chi connectivity index (χ0v) is 14.9. The Kier molecular flexibility index (Phi) is 5.43. The number of halogens is 2. The summed E-state index contributed by atoms with van der Waals surface area (Å²) in [5.74, 6) is 1.59. The normalized spacial score (nSPS) is 16.8. The lowest BCUT2D eigenvalue weighted by Crippen LogP contribution is -2.31. The molecule has 0 radical (unpaired) electrons. The lowest BCUT2D eigenvalue weighted by molar-refractivity contribution is 0.0622. The molecule has 5 nitrogen and oxygen atoms in total. The topological polar surface area (TPSA) is 73.1 Å². The molecule has 1 fully saturated rings. The largest absolute Gasteiger partial charge is 0.384 e. The highest BCUT2D eigenvalue weighted by Crippen LogP contribution is 2.34. The Labute approximate surface area is 151 Å². The van der Waals surface area contributed by atoms with Gasteiger partial charge in [0.2, 0.25) is 0 Å². The van der Waals surface area contributed by atoms with Crippen LogP contribution in [0.2, 0.25) is 10.0 Å². The van der Waals surface area contributed by atoms with E-state index in [1.54, 1.807) is 18.3 Å². The zero-order valence-electron chi connectivity index (χ0n) is 13.4. The highest BCUT2D eigenvalue weighted by molar-refractivity contribution is 6.37. The predicted octanol–water partition coefficient (Wildman–Crippen LogP) is 4.26. The Hall–Kier alpha value is -1.56. The first-order valence-electron chi connectivity index (χ1n) is 7.97. The minimum Gasteiger partial charge on any atom is -0.384 e. The van der Waals surface area contributed by atoms with Crippen molar-refractivity contribution in [2.24, 2.45) is 5.92 Å². The number of rotatable bonds is 4. The molecular formula is C17H20Cl2N4O. The fraction of sp³-hybridized carbons (Fsp3) is 0.412. The second kappa shape index (κ2) is 7.55. The van der Waals surface area contributed by atoms with Gasteiger partial charge in [-0.2, -0.15) is 0 Å². The number of pyridine rings is 2. The second-order valence-corrected chi connectivity index (χ2v) is 6.82. The van der Waals surface area contributed by atoms with E-state index in [-0.39, 0.29) is 6.04 Å². The van der Waals surface area contributed by atoms with Gasteiger partial charge in [-0.15, -0.1) is 0 Å². The van der Waals surface area contributed by atoms with Crippen LogP contribution < -0.4 is 11.1 Å². The summed E-state index contributed by atoms with van der Waals surface area (Å²) in [6, 6.07) is 5.52. The maximum absolute atomic E-state index is 6.33. The van der Waals surface area contributed by atoms with Crippen LogP contribution in [-0.4, -0.2) is 29.2 Å². The van der Waals surface area contributed by atoms with Crippen LogP contribution in [0, 0.1) is 5.92 Å². The molecule has 1 saturated heterocycles. The number of nitrogen functional groups attached to an aromatic ring is 1. The van der Waals surface area contributed by atoms with Gasteiger partial charge in [-0.05, 0) is 43.9 Å². The van der Waals surface area contributed by atoms with Crippen molar-refractivity contribution in [2.75, 3.05) is 24.3 Å². The minimum atomic E-state index is 0.246. The first-order valence-corrected chi connectivity index (χ1v) is 8.72. The first kappa shape index (κ1) is 17.3. The van der Waals surface area contributed by atoms with Gasteiger partial charge in [0.1, 0.15) is 11.6 Å². The number of nitrogens with one attached hydrogen (secondary N) is 1. The van der Waals surface area contributed by atoms with E-state index < -0.39 is 0 Å². The first-order chi connectivity index (χ1) is 11.5. The molecule has 0 amide bonds. The third-order valence-corrected chi connectivity index (χ3v) is 4.90. The number of aromatic nitrogens is 2. The van der Waals surface area contributed by atoms with Gasteiger partial charge < -0.3 is 15.8 Å². The highest BCUT2D eigenvalue weighted by Gasteiger charge is 2.22. The zero-order chi connectivity index (χ0) is 17.1. The Morgan fingerprint density at radius 1 is 1.25 bits per heavy atom. The van der Waals surface area contributed by atoms with Gasteiger partial charge in [-0.25, -0.2) is 9.97 Å². The summed E-state index contributed by atoms with van der Waals surface area (Å²) in [6.45, 7) is 3.76. The number of anilines is 2. The van der Waals surface area contributed by atoms with E-state index in [2.05, 4.69) is 22.2 Å². The minimum absolute atomic E-state index is 0.246. The van der Waals surface area contributed by atoms with E-state index in [1.165, 1.54) is 0 Å². The average Bonchev–Trinajstić information content (AvgIpc) is 2.58. The van der Waals surface area contributed by atoms with Gasteiger partial charge in [0.05, 0.1) is 15.7 Å². The molecule has 0 saturated carbocycles. The summed E-state index contributed by atoms with van der Waals surface area (Å²) in [5, 5.41) is 4.41. The SMILES string of the molecule is C[C@H](Nc1nc(-c2ccnc(N)c2)c(Cl)cc1Cl)C1CCOCC1. The van der Waals surface area contributed by atoms with Crippen LogP contribution in [0.15, 0.2) is 24.4 Å². The number of hydrogen-bond acceptors (Lipinski definition) is 5. The lowest BCUT2D eigenvalue weighted by atomic mass is 9.93.